The average molecular weight is 330 g/mol. The number of fused-ring (bicyclic) bond motifs is 3. The molecule has 3 N–H and O–H groups in total. The van der Waals surface area contributed by atoms with Crippen LogP contribution in [0.5, 0.6) is 0 Å². The Morgan fingerprint density at radius 1 is 1.09 bits per heavy atom. The molecule has 3 nitrogen and oxygen atoms in total. The topological polar surface area (TPSA) is 55.1 Å². The van der Waals surface area contributed by atoms with Crippen molar-refractivity contribution in [3.63, 3.8) is 0 Å². The van der Waals surface area contributed by atoms with Crippen molar-refractivity contribution < 1.29 is 4.79 Å². The summed E-state index contributed by atoms with van der Waals surface area (Å²) in [5.41, 5.74) is 5.92. The van der Waals surface area contributed by atoms with Crippen LogP contribution in [-0.2, 0) is 0 Å². The van der Waals surface area contributed by atoms with Crippen molar-refractivity contribution >= 4 is 48.1 Å². The molecule has 1 aromatic carbocycles. The number of thiophene rings is 2. The number of benzene rings is 1. The summed E-state index contributed by atoms with van der Waals surface area (Å²) in [4.78, 5) is 13.3. The first-order chi connectivity index (χ1) is 10.7. The molecule has 1 saturated carbocycles. The Labute approximate surface area is 137 Å². The van der Waals surface area contributed by atoms with Crippen LogP contribution in [0, 0.1) is 0 Å². The highest BCUT2D eigenvalue weighted by Crippen LogP contribution is 2.39. The first-order valence-corrected chi connectivity index (χ1v) is 9.31. The first kappa shape index (κ1) is 14.2. The summed E-state index contributed by atoms with van der Waals surface area (Å²) >= 11 is 3.36. The van der Waals surface area contributed by atoms with Gasteiger partial charge in [-0.1, -0.05) is 18.2 Å². The van der Waals surface area contributed by atoms with Crippen LogP contribution in [0.15, 0.2) is 30.3 Å². The molecule has 0 bridgehead atoms. The fraction of sp³-hybridized carbons (Fsp3) is 0.353. The Balaban J connectivity index is 1.57. The number of carbonyl (C=O) groups is 1. The van der Waals surface area contributed by atoms with Gasteiger partial charge in [-0.3, -0.25) is 4.79 Å². The summed E-state index contributed by atoms with van der Waals surface area (Å²) < 4.78 is 3.73. The molecule has 0 unspecified atom stereocenters. The van der Waals surface area contributed by atoms with Crippen molar-refractivity contribution in [2.24, 2.45) is 5.73 Å². The third-order valence-electron chi connectivity index (χ3n) is 4.38. The van der Waals surface area contributed by atoms with Gasteiger partial charge in [-0.25, -0.2) is 0 Å². The van der Waals surface area contributed by atoms with Crippen molar-refractivity contribution in [2.75, 3.05) is 0 Å². The summed E-state index contributed by atoms with van der Waals surface area (Å²) in [6.07, 6.45) is 4.01. The minimum absolute atomic E-state index is 0.0675. The van der Waals surface area contributed by atoms with E-state index in [1.807, 2.05) is 6.07 Å². The number of carbonyl (C=O) groups excluding carboxylic acids is 1. The molecule has 1 amide bonds. The molecule has 1 aliphatic carbocycles. The molecule has 0 atom stereocenters. The van der Waals surface area contributed by atoms with Gasteiger partial charge in [0.2, 0.25) is 0 Å². The third-order valence-corrected chi connectivity index (χ3v) is 6.79. The SMILES string of the molecule is NC1CCC(NC(=O)c2cc3sc4ccccc4c3s2)CC1. The van der Waals surface area contributed by atoms with Crippen LogP contribution >= 0.6 is 22.7 Å². The van der Waals surface area contributed by atoms with Gasteiger partial charge in [0.05, 0.1) is 9.58 Å². The summed E-state index contributed by atoms with van der Waals surface area (Å²) in [7, 11) is 0. The number of hydrogen-bond donors (Lipinski definition) is 2. The molecule has 114 valence electrons. The lowest BCUT2D eigenvalue weighted by Gasteiger charge is -2.26. The maximum atomic E-state index is 12.5. The van der Waals surface area contributed by atoms with Crippen LogP contribution in [0.2, 0.25) is 0 Å². The summed E-state index contributed by atoms with van der Waals surface area (Å²) in [5, 5.41) is 4.43. The minimum atomic E-state index is 0.0675. The summed E-state index contributed by atoms with van der Waals surface area (Å²) in [6.45, 7) is 0. The van der Waals surface area contributed by atoms with Crippen LogP contribution in [-0.4, -0.2) is 18.0 Å². The van der Waals surface area contributed by atoms with Crippen molar-refractivity contribution in [2.45, 2.75) is 37.8 Å². The molecule has 2 aromatic heterocycles. The quantitative estimate of drug-likeness (QED) is 0.743. The normalized spacial score (nSPS) is 22.2. The lowest BCUT2D eigenvalue weighted by atomic mass is 9.92. The summed E-state index contributed by atoms with van der Waals surface area (Å²) in [6, 6.07) is 11.0. The molecule has 1 fully saturated rings. The van der Waals surface area contributed by atoms with Gasteiger partial charge in [0.1, 0.15) is 0 Å². The second kappa shape index (κ2) is 5.65. The van der Waals surface area contributed by atoms with Gasteiger partial charge < -0.3 is 11.1 Å². The smallest absolute Gasteiger partial charge is 0.261 e. The highest BCUT2D eigenvalue weighted by molar-refractivity contribution is 7.33. The molecule has 3 aromatic rings. The van der Waals surface area contributed by atoms with Crippen molar-refractivity contribution in [1.82, 2.24) is 5.32 Å². The van der Waals surface area contributed by atoms with E-state index in [1.165, 1.54) is 19.5 Å². The van der Waals surface area contributed by atoms with Crippen molar-refractivity contribution in [3.8, 4) is 0 Å². The fourth-order valence-corrected chi connectivity index (χ4v) is 5.56. The molecule has 5 heteroatoms. The molecular weight excluding hydrogens is 312 g/mol. The third kappa shape index (κ3) is 2.53. The number of nitrogens with two attached hydrogens (primary N) is 1. The average Bonchev–Trinajstić information content (AvgIpc) is 3.07. The van der Waals surface area contributed by atoms with Gasteiger partial charge in [0.25, 0.3) is 5.91 Å². The van der Waals surface area contributed by atoms with Gasteiger partial charge in [-0.15, -0.1) is 22.7 Å². The standard InChI is InChI=1S/C17H18N2OS2/c18-10-5-7-11(8-6-10)19-17(20)15-9-14-16(22-15)12-3-1-2-4-13(12)21-14/h1-4,9-11H,5-8,18H2,(H,19,20). The van der Waals surface area contributed by atoms with Gasteiger partial charge in [0, 0.05) is 26.9 Å². The van der Waals surface area contributed by atoms with Gasteiger partial charge in [-0.05, 0) is 37.8 Å². The van der Waals surface area contributed by atoms with Crippen LogP contribution in [0.25, 0.3) is 19.5 Å². The Bertz CT molecular complexity index is 828. The van der Waals surface area contributed by atoms with E-state index in [9.17, 15) is 4.79 Å². The molecule has 0 aliphatic heterocycles. The molecule has 22 heavy (non-hydrogen) atoms. The molecule has 2 heterocycles. The number of rotatable bonds is 2. The van der Waals surface area contributed by atoms with Crippen LogP contribution in [0.1, 0.15) is 35.4 Å². The second-order valence-corrected chi connectivity index (χ2v) is 8.12. The van der Waals surface area contributed by atoms with Gasteiger partial charge >= 0.3 is 0 Å². The zero-order valence-electron chi connectivity index (χ0n) is 12.2. The highest BCUT2D eigenvalue weighted by atomic mass is 32.1. The molecule has 4 rings (SSSR count). The van der Waals surface area contributed by atoms with Gasteiger partial charge in [0.15, 0.2) is 0 Å². The Hall–Kier alpha value is -1.43. The molecule has 0 saturated heterocycles. The number of amides is 1. The Morgan fingerprint density at radius 2 is 1.86 bits per heavy atom. The van der Waals surface area contributed by atoms with Crippen LogP contribution in [0.3, 0.4) is 0 Å². The largest absolute Gasteiger partial charge is 0.349 e. The van der Waals surface area contributed by atoms with Crippen molar-refractivity contribution in [1.29, 1.82) is 0 Å². The van der Waals surface area contributed by atoms with E-state index >= 15 is 0 Å². The van der Waals surface area contributed by atoms with Crippen LogP contribution < -0.4 is 11.1 Å². The van der Waals surface area contributed by atoms with E-state index < -0.39 is 0 Å². The number of hydrogen-bond acceptors (Lipinski definition) is 4. The van der Waals surface area contributed by atoms with E-state index in [-0.39, 0.29) is 11.9 Å². The monoisotopic (exact) mass is 330 g/mol. The van der Waals surface area contributed by atoms with E-state index in [2.05, 4.69) is 29.6 Å². The first-order valence-electron chi connectivity index (χ1n) is 7.68. The van der Waals surface area contributed by atoms with E-state index in [4.69, 9.17) is 5.73 Å². The summed E-state index contributed by atoms with van der Waals surface area (Å²) in [5.74, 6) is 0.0675. The Morgan fingerprint density at radius 3 is 2.68 bits per heavy atom. The van der Waals surface area contributed by atoms with E-state index in [0.717, 1.165) is 30.6 Å². The lowest BCUT2D eigenvalue weighted by Crippen LogP contribution is -2.40. The van der Waals surface area contributed by atoms with Crippen molar-refractivity contribution in [3.05, 3.63) is 35.2 Å². The zero-order valence-corrected chi connectivity index (χ0v) is 13.8. The lowest BCUT2D eigenvalue weighted by molar-refractivity contribution is 0.0930. The fourth-order valence-electron chi connectivity index (χ4n) is 3.13. The van der Waals surface area contributed by atoms with Gasteiger partial charge in [-0.2, -0.15) is 0 Å². The molecular formula is C17H18N2OS2. The molecule has 0 spiro atoms. The minimum Gasteiger partial charge on any atom is -0.349 e. The maximum absolute atomic E-state index is 12.5. The second-order valence-electron chi connectivity index (χ2n) is 5.99. The number of nitrogens with one attached hydrogen (secondary N) is 1. The maximum Gasteiger partial charge on any atom is 0.261 e. The zero-order chi connectivity index (χ0) is 15.1. The van der Waals surface area contributed by atoms with Crippen LogP contribution in [0.4, 0.5) is 0 Å². The van der Waals surface area contributed by atoms with E-state index in [1.54, 1.807) is 22.7 Å². The Kier molecular flexibility index (Phi) is 3.64. The highest BCUT2D eigenvalue weighted by Gasteiger charge is 2.22. The predicted molar refractivity (Wildman–Crippen MR) is 94.9 cm³/mol. The molecule has 1 aliphatic rings. The molecule has 0 radical (unpaired) electrons. The predicted octanol–water partition coefficient (Wildman–Crippen LogP) is 4.12. The van der Waals surface area contributed by atoms with E-state index in [0.29, 0.717) is 6.04 Å².